The molecule has 0 spiro atoms. The third-order valence-electron chi connectivity index (χ3n) is 2.17. The van der Waals surface area contributed by atoms with Gasteiger partial charge in [0.2, 0.25) is 0 Å². The lowest BCUT2D eigenvalue weighted by atomic mass is 10.0. The monoisotopic (exact) mass is 206 g/mol. The van der Waals surface area contributed by atoms with Gasteiger partial charge in [-0.15, -0.1) is 0 Å². The van der Waals surface area contributed by atoms with Crippen molar-refractivity contribution in [2.24, 2.45) is 0 Å². The predicted molar refractivity (Wildman–Crippen MR) is 59.6 cm³/mol. The van der Waals surface area contributed by atoms with Crippen LogP contribution in [0.3, 0.4) is 0 Å². The van der Waals surface area contributed by atoms with Gasteiger partial charge in [-0.05, 0) is 19.1 Å². The number of ether oxygens (including phenoxy) is 2. The lowest BCUT2D eigenvalue weighted by Gasteiger charge is -2.12. The van der Waals surface area contributed by atoms with Crippen LogP contribution in [0, 0.1) is 0 Å². The van der Waals surface area contributed by atoms with Crippen molar-refractivity contribution in [3.8, 4) is 11.5 Å². The van der Waals surface area contributed by atoms with E-state index in [0.29, 0.717) is 22.6 Å². The highest BCUT2D eigenvalue weighted by Gasteiger charge is 2.14. The molecule has 0 heterocycles. The number of carbonyl (C=O) groups is 1. The van der Waals surface area contributed by atoms with Gasteiger partial charge in [0, 0.05) is 11.1 Å². The summed E-state index contributed by atoms with van der Waals surface area (Å²) in [6.45, 7) is 5.18. The van der Waals surface area contributed by atoms with Crippen LogP contribution in [-0.4, -0.2) is 20.0 Å². The summed E-state index contributed by atoms with van der Waals surface area (Å²) < 4.78 is 10.3. The molecule has 1 aromatic rings. The van der Waals surface area contributed by atoms with Crippen LogP contribution >= 0.6 is 0 Å². The molecule has 1 rings (SSSR count). The van der Waals surface area contributed by atoms with E-state index in [-0.39, 0.29) is 5.78 Å². The van der Waals surface area contributed by atoms with Crippen LogP contribution in [-0.2, 0) is 0 Å². The van der Waals surface area contributed by atoms with Gasteiger partial charge >= 0.3 is 0 Å². The van der Waals surface area contributed by atoms with E-state index in [9.17, 15) is 4.79 Å². The Morgan fingerprint density at radius 2 is 2.00 bits per heavy atom. The van der Waals surface area contributed by atoms with Crippen LogP contribution < -0.4 is 9.47 Å². The molecule has 0 N–H and O–H groups in total. The zero-order valence-electron chi connectivity index (χ0n) is 9.16. The van der Waals surface area contributed by atoms with E-state index in [2.05, 4.69) is 6.58 Å². The van der Waals surface area contributed by atoms with Crippen molar-refractivity contribution in [3.05, 3.63) is 29.8 Å². The lowest BCUT2D eigenvalue weighted by molar-refractivity contribution is 0.101. The van der Waals surface area contributed by atoms with Crippen molar-refractivity contribution in [1.82, 2.24) is 0 Å². The molecule has 0 amide bonds. The SMILES string of the molecule is C=Cc1c(C(C)=O)ccc(OC)c1OC. The Kier molecular flexibility index (Phi) is 3.50. The number of Topliss-reactive ketones (excluding diaryl/α,β-unsaturated/α-hetero) is 1. The zero-order chi connectivity index (χ0) is 11.4. The molecular weight excluding hydrogens is 192 g/mol. The van der Waals surface area contributed by atoms with Crippen molar-refractivity contribution >= 4 is 11.9 Å². The molecule has 0 saturated heterocycles. The Balaban J connectivity index is 3.47. The van der Waals surface area contributed by atoms with Crippen molar-refractivity contribution in [2.75, 3.05) is 14.2 Å². The molecule has 0 bridgehead atoms. The van der Waals surface area contributed by atoms with Crippen LogP contribution in [0.2, 0.25) is 0 Å². The predicted octanol–water partition coefficient (Wildman–Crippen LogP) is 2.55. The molecular formula is C12H14O3. The van der Waals surface area contributed by atoms with E-state index >= 15 is 0 Å². The van der Waals surface area contributed by atoms with E-state index in [4.69, 9.17) is 9.47 Å². The molecule has 80 valence electrons. The summed E-state index contributed by atoms with van der Waals surface area (Å²) in [7, 11) is 3.09. The molecule has 3 heteroatoms. The summed E-state index contributed by atoms with van der Waals surface area (Å²) in [6, 6.07) is 3.42. The number of benzene rings is 1. The highest BCUT2D eigenvalue weighted by Crippen LogP contribution is 2.34. The van der Waals surface area contributed by atoms with Crippen LogP contribution in [0.15, 0.2) is 18.7 Å². The fourth-order valence-corrected chi connectivity index (χ4v) is 1.46. The molecule has 15 heavy (non-hydrogen) atoms. The molecule has 0 aliphatic carbocycles. The number of methoxy groups -OCH3 is 2. The molecule has 0 unspecified atom stereocenters. The normalized spacial score (nSPS) is 9.53. The first-order valence-corrected chi connectivity index (χ1v) is 4.54. The highest BCUT2D eigenvalue weighted by atomic mass is 16.5. The number of ketones is 1. The lowest BCUT2D eigenvalue weighted by Crippen LogP contribution is -2.00. The second-order valence-corrected chi connectivity index (χ2v) is 3.02. The van der Waals surface area contributed by atoms with Gasteiger partial charge in [0.15, 0.2) is 17.3 Å². The molecule has 1 aromatic carbocycles. The molecule has 0 saturated carbocycles. The molecule has 0 radical (unpaired) electrons. The van der Waals surface area contributed by atoms with E-state index < -0.39 is 0 Å². The molecule has 0 aliphatic heterocycles. The number of hydrogen-bond acceptors (Lipinski definition) is 3. The average molecular weight is 206 g/mol. The van der Waals surface area contributed by atoms with Gasteiger partial charge in [0.25, 0.3) is 0 Å². The van der Waals surface area contributed by atoms with Gasteiger partial charge in [0.1, 0.15) is 0 Å². The molecule has 0 aliphatic rings. The second-order valence-electron chi connectivity index (χ2n) is 3.02. The summed E-state index contributed by atoms with van der Waals surface area (Å²) in [4.78, 5) is 11.3. The van der Waals surface area contributed by atoms with Gasteiger partial charge in [-0.25, -0.2) is 0 Å². The fraction of sp³-hybridized carbons (Fsp3) is 0.250. The maximum Gasteiger partial charge on any atom is 0.168 e. The molecule has 0 fully saturated rings. The Hall–Kier alpha value is -1.77. The summed E-state index contributed by atoms with van der Waals surface area (Å²) >= 11 is 0. The van der Waals surface area contributed by atoms with E-state index in [1.807, 2.05) is 0 Å². The first-order valence-electron chi connectivity index (χ1n) is 4.54. The Morgan fingerprint density at radius 3 is 2.40 bits per heavy atom. The van der Waals surface area contributed by atoms with Crippen LogP contribution in [0.1, 0.15) is 22.8 Å². The van der Waals surface area contributed by atoms with Gasteiger partial charge in [0.05, 0.1) is 14.2 Å². The standard InChI is InChI=1S/C12H14O3/c1-5-9-10(8(2)13)6-7-11(14-3)12(9)15-4/h5-7H,1H2,2-4H3. The summed E-state index contributed by atoms with van der Waals surface area (Å²) in [5.41, 5.74) is 1.26. The Morgan fingerprint density at radius 1 is 1.33 bits per heavy atom. The topological polar surface area (TPSA) is 35.5 Å². The van der Waals surface area contributed by atoms with E-state index in [1.54, 1.807) is 25.3 Å². The van der Waals surface area contributed by atoms with Crippen LogP contribution in [0.5, 0.6) is 11.5 Å². The van der Waals surface area contributed by atoms with Gasteiger partial charge < -0.3 is 9.47 Å². The third-order valence-corrected chi connectivity index (χ3v) is 2.17. The summed E-state index contributed by atoms with van der Waals surface area (Å²) in [6.07, 6.45) is 1.60. The quantitative estimate of drug-likeness (QED) is 0.710. The van der Waals surface area contributed by atoms with Crippen molar-refractivity contribution in [3.63, 3.8) is 0 Å². The number of hydrogen-bond donors (Lipinski definition) is 0. The Bertz CT molecular complexity index is 394. The summed E-state index contributed by atoms with van der Waals surface area (Å²) in [5.74, 6) is 1.11. The Labute approximate surface area is 89.3 Å². The van der Waals surface area contributed by atoms with Crippen LogP contribution in [0.4, 0.5) is 0 Å². The second kappa shape index (κ2) is 4.64. The van der Waals surface area contributed by atoms with Crippen molar-refractivity contribution in [2.45, 2.75) is 6.92 Å². The minimum absolute atomic E-state index is 0.0224. The van der Waals surface area contributed by atoms with E-state index in [0.717, 1.165) is 0 Å². The zero-order valence-corrected chi connectivity index (χ0v) is 9.16. The maximum absolute atomic E-state index is 11.3. The maximum atomic E-state index is 11.3. The van der Waals surface area contributed by atoms with Crippen molar-refractivity contribution in [1.29, 1.82) is 0 Å². The van der Waals surface area contributed by atoms with Gasteiger partial charge in [-0.3, -0.25) is 4.79 Å². The minimum Gasteiger partial charge on any atom is -0.493 e. The highest BCUT2D eigenvalue weighted by molar-refractivity contribution is 5.99. The summed E-state index contributed by atoms with van der Waals surface area (Å²) in [5, 5.41) is 0. The smallest absolute Gasteiger partial charge is 0.168 e. The van der Waals surface area contributed by atoms with Gasteiger partial charge in [-0.1, -0.05) is 12.7 Å². The largest absolute Gasteiger partial charge is 0.493 e. The first-order chi connectivity index (χ1) is 7.15. The average Bonchev–Trinajstić information content (AvgIpc) is 2.26. The fourth-order valence-electron chi connectivity index (χ4n) is 1.46. The first kappa shape index (κ1) is 11.3. The minimum atomic E-state index is -0.0224. The number of rotatable bonds is 4. The van der Waals surface area contributed by atoms with Crippen LogP contribution in [0.25, 0.3) is 6.08 Å². The van der Waals surface area contributed by atoms with E-state index in [1.165, 1.54) is 14.0 Å². The molecule has 3 nitrogen and oxygen atoms in total. The third kappa shape index (κ3) is 2.01. The number of carbonyl (C=O) groups excluding carboxylic acids is 1. The molecule has 0 atom stereocenters. The molecule has 0 aromatic heterocycles. The van der Waals surface area contributed by atoms with Crippen molar-refractivity contribution < 1.29 is 14.3 Å². The van der Waals surface area contributed by atoms with Gasteiger partial charge in [-0.2, -0.15) is 0 Å².